The maximum atomic E-state index is 14.2. The van der Waals surface area contributed by atoms with Crippen LogP contribution in [0.3, 0.4) is 0 Å². The minimum atomic E-state index is -1.08. The lowest BCUT2D eigenvalue weighted by molar-refractivity contribution is -0.131. The van der Waals surface area contributed by atoms with Crippen molar-refractivity contribution in [1.82, 2.24) is 19.7 Å². The molecule has 3 aromatic carbocycles. The van der Waals surface area contributed by atoms with Crippen LogP contribution in [0.1, 0.15) is 90.8 Å². The van der Waals surface area contributed by atoms with Gasteiger partial charge in [0.1, 0.15) is 12.1 Å². The summed E-state index contributed by atoms with van der Waals surface area (Å²) in [6.07, 6.45) is 10.9. The Hall–Kier alpha value is -5.22. The third kappa shape index (κ3) is 8.54. The molecule has 2 fully saturated rings. The quantitative estimate of drug-likeness (QED) is 0.132. The summed E-state index contributed by atoms with van der Waals surface area (Å²) in [5, 5.41) is 16.1. The molecule has 2 aliphatic carbocycles. The molecule has 53 heavy (non-hydrogen) atoms. The lowest BCUT2D eigenvalue weighted by Crippen LogP contribution is -2.55. The molecule has 3 amide bonds. The highest BCUT2D eigenvalue weighted by Crippen LogP contribution is 2.44. The Labute approximate surface area is 311 Å². The van der Waals surface area contributed by atoms with Gasteiger partial charge in [0.15, 0.2) is 0 Å². The van der Waals surface area contributed by atoms with Crippen molar-refractivity contribution in [3.05, 3.63) is 95.1 Å². The first kappa shape index (κ1) is 37.5. The first-order chi connectivity index (χ1) is 25.4. The summed E-state index contributed by atoms with van der Waals surface area (Å²) in [7, 11) is 7.65. The Bertz CT molecular complexity index is 2010. The average molecular weight is 718 g/mol. The van der Waals surface area contributed by atoms with Gasteiger partial charge in [-0.15, -0.1) is 0 Å². The Kier molecular flexibility index (Phi) is 11.5. The molecule has 3 N–H and O–H groups in total. The Balaban J connectivity index is 1.38. The molecule has 2 aliphatic rings. The fourth-order valence-corrected chi connectivity index (χ4v) is 8.03. The van der Waals surface area contributed by atoms with E-state index in [1.54, 1.807) is 43.3 Å². The highest BCUT2D eigenvalue weighted by atomic mass is 16.4. The molecule has 0 radical (unpaired) electrons. The third-order valence-electron chi connectivity index (χ3n) is 10.7. The normalized spacial score (nSPS) is 15.9. The maximum Gasteiger partial charge on any atom is 0.328 e. The van der Waals surface area contributed by atoms with E-state index >= 15 is 0 Å². The highest BCUT2D eigenvalue weighted by Gasteiger charge is 2.43. The molecule has 10 heteroatoms. The van der Waals surface area contributed by atoms with Gasteiger partial charge in [-0.1, -0.05) is 68.5 Å². The number of likely N-dealkylation sites (N-methyl/N-ethyl adjacent to an activating group) is 1. The van der Waals surface area contributed by atoms with Gasteiger partial charge < -0.3 is 30.1 Å². The molecule has 6 rings (SSSR count). The molecule has 1 heterocycles. The molecule has 4 aromatic rings. The molecule has 0 bridgehead atoms. The van der Waals surface area contributed by atoms with Gasteiger partial charge in [0.05, 0.1) is 11.2 Å². The Morgan fingerprint density at radius 2 is 1.60 bits per heavy atom. The third-order valence-corrected chi connectivity index (χ3v) is 10.7. The number of carbonyl (C=O) groups is 4. The molecule has 0 spiro atoms. The fraction of sp³-hybridized carbons (Fsp3) is 0.395. The number of rotatable bonds is 12. The number of hydrogen-bond acceptors (Lipinski definition) is 5. The van der Waals surface area contributed by atoms with E-state index in [1.807, 2.05) is 18.2 Å². The zero-order valence-corrected chi connectivity index (χ0v) is 31.3. The van der Waals surface area contributed by atoms with E-state index in [2.05, 4.69) is 58.5 Å². The average Bonchev–Trinajstić information content (AvgIpc) is 3.74. The summed E-state index contributed by atoms with van der Waals surface area (Å²) in [4.78, 5) is 56.2. The number of nitrogens with zero attached hydrogens (tertiary/aromatic N) is 3. The van der Waals surface area contributed by atoms with Gasteiger partial charge in [-0.2, -0.15) is 0 Å². The van der Waals surface area contributed by atoms with Crippen molar-refractivity contribution in [2.75, 3.05) is 33.5 Å². The fourth-order valence-electron chi connectivity index (χ4n) is 8.03. The summed E-state index contributed by atoms with van der Waals surface area (Å²) in [6.45, 7) is 0.921. The van der Waals surface area contributed by atoms with E-state index in [0.717, 1.165) is 73.3 Å². The molecule has 10 nitrogen and oxygen atoms in total. The second-order valence-electron chi connectivity index (χ2n) is 15.1. The predicted octanol–water partition coefficient (Wildman–Crippen LogP) is 7.28. The summed E-state index contributed by atoms with van der Waals surface area (Å²) >= 11 is 0. The molecule has 0 atom stereocenters. The second kappa shape index (κ2) is 16.2. The van der Waals surface area contributed by atoms with Crippen LogP contribution in [-0.2, 0) is 27.5 Å². The zero-order chi connectivity index (χ0) is 37.7. The molecular weight excluding hydrogens is 667 g/mol. The van der Waals surface area contributed by atoms with Crippen LogP contribution in [0.25, 0.3) is 28.2 Å². The predicted molar refractivity (Wildman–Crippen MR) is 210 cm³/mol. The van der Waals surface area contributed by atoms with Crippen LogP contribution in [0.2, 0.25) is 0 Å². The second-order valence-corrected chi connectivity index (χ2v) is 15.1. The number of fused-ring (bicyclic) bond motifs is 1. The number of amides is 3. The van der Waals surface area contributed by atoms with Crippen LogP contribution in [-0.4, -0.2) is 76.9 Å². The van der Waals surface area contributed by atoms with Gasteiger partial charge in [-0.25, -0.2) is 4.79 Å². The summed E-state index contributed by atoms with van der Waals surface area (Å²) in [5.74, 6) is -1.35. The summed E-state index contributed by atoms with van der Waals surface area (Å²) in [6, 6.07) is 21.3. The van der Waals surface area contributed by atoms with Crippen molar-refractivity contribution in [1.29, 1.82) is 0 Å². The van der Waals surface area contributed by atoms with Gasteiger partial charge in [0, 0.05) is 43.4 Å². The number of aromatic nitrogens is 1. The molecule has 1 aromatic heterocycles. The van der Waals surface area contributed by atoms with E-state index in [1.165, 1.54) is 23.6 Å². The summed E-state index contributed by atoms with van der Waals surface area (Å²) in [5.41, 5.74) is 5.97. The van der Waals surface area contributed by atoms with E-state index in [9.17, 15) is 19.2 Å². The number of nitrogens with one attached hydrogen (secondary N) is 2. The summed E-state index contributed by atoms with van der Waals surface area (Å²) < 4.78 is 2.11. The molecular formula is C43H51N5O5. The van der Waals surface area contributed by atoms with Crippen LogP contribution < -0.4 is 10.6 Å². The molecule has 278 valence electrons. The van der Waals surface area contributed by atoms with Crippen LogP contribution in [0, 0.1) is 0 Å². The van der Waals surface area contributed by atoms with Gasteiger partial charge in [0.25, 0.3) is 5.91 Å². The zero-order valence-electron chi connectivity index (χ0n) is 31.3. The Morgan fingerprint density at radius 3 is 2.26 bits per heavy atom. The van der Waals surface area contributed by atoms with Crippen molar-refractivity contribution in [3.63, 3.8) is 0 Å². The molecule has 0 saturated heterocycles. The number of carboxylic acid groups (broad SMARTS) is 1. The first-order valence-corrected chi connectivity index (χ1v) is 18.7. The SMILES string of the molecule is CN(C)Cc1cccc(-c2c(C3CCCCC3)c3ccc(C(=O)NC4(C(=O)Nc5ccc(/C=C/C(=O)O)cc5)CCCC4)cc3n2CC(=O)N(C)C)c1. The minimum absolute atomic E-state index is 0.0369. The topological polar surface area (TPSA) is 124 Å². The van der Waals surface area contributed by atoms with E-state index < -0.39 is 11.5 Å². The molecule has 0 unspecified atom stereocenters. The minimum Gasteiger partial charge on any atom is -0.478 e. The number of aliphatic carboxylic acids is 1. The maximum absolute atomic E-state index is 14.2. The van der Waals surface area contributed by atoms with Crippen LogP contribution in [0.4, 0.5) is 5.69 Å². The van der Waals surface area contributed by atoms with Gasteiger partial charge in [-0.3, -0.25) is 14.4 Å². The number of benzene rings is 3. The first-order valence-electron chi connectivity index (χ1n) is 18.7. The van der Waals surface area contributed by atoms with E-state index in [-0.39, 0.29) is 24.3 Å². The molecule has 0 aliphatic heterocycles. The van der Waals surface area contributed by atoms with Gasteiger partial charge in [-0.05, 0) is 104 Å². The van der Waals surface area contributed by atoms with Crippen molar-refractivity contribution < 1.29 is 24.3 Å². The number of carbonyl (C=O) groups excluding carboxylic acids is 3. The lowest BCUT2D eigenvalue weighted by Gasteiger charge is -2.29. The number of carboxylic acids is 1. The highest BCUT2D eigenvalue weighted by molar-refractivity contribution is 6.06. The Morgan fingerprint density at radius 1 is 0.887 bits per heavy atom. The number of hydrogen-bond donors (Lipinski definition) is 3. The number of anilines is 1. The van der Waals surface area contributed by atoms with Crippen molar-refractivity contribution >= 4 is 46.4 Å². The monoisotopic (exact) mass is 717 g/mol. The van der Waals surface area contributed by atoms with Crippen molar-refractivity contribution in [3.8, 4) is 11.3 Å². The van der Waals surface area contributed by atoms with Crippen LogP contribution in [0.5, 0.6) is 0 Å². The molecule has 2 saturated carbocycles. The van der Waals surface area contributed by atoms with Gasteiger partial charge in [0.2, 0.25) is 11.8 Å². The van der Waals surface area contributed by atoms with E-state index in [4.69, 9.17) is 5.11 Å². The smallest absolute Gasteiger partial charge is 0.328 e. The standard InChI is InChI=1S/C43H51N5O5/c1-46(2)27-30-11-10-14-32(25-30)40-39(31-12-6-5-7-13-31)35-21-18-33(26-36(35)48(40)28-37(49)47(3)4)41(52)45-43(23-8-9-24-43)42(53)44-34-19-15-29(16-20-34)17-22-38(50)51/h10-11,14-22,25-26,31H,5-9,12-13,23-24,27-28H2,1-4H3,(H,44,53)(H,45,52)(H,50,51)/b22-17+. The van der Waals surface area contributed by atoms with Crippen LogP contribution >= 0.6 is 0 Å². The largest absolute Gasteiger partial charge is 0.478 e. The lowest BCUT2D eigenvalue weighted by atomic mass is 9.81. The van der Waals surface area contributed by atoms with E-state index in [0.29, 0.717) is 35.6 Å². The van der Waals surface area contributed by atoms with Gasteiger partial charge >= 0.3 is 5.97 Å². The van der Waals surface area contributed by atoms with Crippen LogP contribution in [0.15, 0.2) is 72.8 Å². The van der Waals surface area contributed by atoms with Crippen molar-refractivity contribution in [2.45, 2.75) is 82.3 Å². The van der Waals surface area contributed by atoms with Crippen molar-refractivity contribution in [2.24, 2.45) is 0 Å².